The second kappa shape index (κ2) is 7.64. The van der Waals surface area contributed by atoms with Crippen LogP contribution in [0.3, 0.4) is 0 Å². The van der Waals surface area contributed by atoms with Gasteiger partial charge in [-0.2, -0.15) is 10.2 Å². The van der Waals surface area contributed by atoms with Crippen LogP contribution in [0.2, 0.25) is 0 Å². The van der Waals surface area contributed by atoms with Crippen molar-refractivity contribution in [1.82, 2.24) is 15.2 Å². The summed E-state index contributed by atoms with van der Waals surface area (Å²) in [5.74, 6) is -0.204. The van der Waals surface area contributed by atoms with Gasteiger partial charge < -0.3 is 9.84 Å². The maximum atomic E-state index is 12.2. The number of aromatic nitrogens is 2. The molecule has 0 aliphatic heterocycles. The summed E-state index contributed by atoms with van der Waals surface area (Å²) < 4.78 is 6.28. The molecule has 0 radical (unpaired) electrons. The number of carbonyl (C=O) groups excluding carboxylic acids is 1. The van der Waals surface area contributed by atoms with Crippen LogP contribution in [-0.2, 0) is 4.79 Å². The van der Waals surface area contributed by atoms with Gasteiger partial charge in [0, 0.05) is 0 Å². The molecule has 1 atom stereocenters. The number of methoxy groups -OCH3 is 1. The topological polar surface area (TPSA) is 132 Å². The third-order valence-electron chi connectivity index (χ3n) is 3.81. The third kappa shape index (κ3) is 3.79. The largest absolute Gasteiger partial charge is 0.504 e. The highest BCUT2D eigenvalue weighted by atomic mass is 16.6. The van der Waals surface area contributed by atoms with Gasteiger partial charge in [-0.25, -0.2) is 5.43 Å². The number of rotatable bonds is 6. The maximum absolute atomic E-state index is 12.2. The molecule has 0 spiro atoms. The van der Waals surface area contributed by atoms with Crippen molar-refractivity contribution < 1.29 is 19.6 Å². The Bertz CT molecular complexity index is 874. The van der Waals surface area contributed by atoms with Crippen LogP contribution in [0.5, 0.6) is 11.5 Å². The first-order valence-corrected chi connectivity index (χ1v) is 7.66. The molecule has 1 heterocycles. The number of benzene rings is 1. The Morgan fingerprint density at radius 1 is 1.50 bits per heavy atom. The highest BCUT2D eigenvalue weighted by Gasteiger charge is 2.26. The van der Waals surface area contributed by atoms with E-state index >= 15 is 0 Å². The Kier molecular flexibility index (Phi) is 5.55. The summed E-state index contributed by atoms with van der Waals surface area (Å²) >= 11 is 0. The van der Waals surface area contributed by atoms with Crippen molar-refractivity contribution in [2.75, 3.05) is 7.11 Å². The fraction of sp³-hybridized carbons (Fsp3) is 0.312. The van der Waals surface area contributed by atoms with Gasteiger partial charge in [0.05, 0.1) is 18.2 Å². The number of phenols is 1. The van der Waals surface area contributed by atoms with Crippen molar-refractivity contribution in [3.63, 3.8) is 0 Å². The quantitative estimate of drug-likeness (QED) is 0.458. The molecule has 1 aromatic carbocycles. The predicted octanol–water partition coefficient (Wildman–Crippen LogP) is 1.83. The van der Waals surface area contributed by atoms with Gasteiger partial charge in [-0.1, -0.05) is 0 Å². The number of hydrazone groups is 1. The molecule has 10 nitrogen and oxygen atoms in total. The van der Waals surface area contributed by atoms with E-state index in [4.69, 9.17) is 4.74 Å². The van der Waals surface area contributed by atoms with Gasteiger partial charge in [0.1, 0.15) is 17.4 Å². The van der Waals surface area contributed by atoms with E-state index in [2.05, 4.69) is 15.6 Å². The summed E-state index contributed by atoms with van der Waals surface area (Å²) in [6, 6.07) is 3.81. The summed E-state index contributed by atoms with van der Waals surface area (Å²) in [5.41, 5.74) is 3.40. The number of ether oxygens (including phenoxy) is 1. The number of nitrogens with one attached hydrogen (secondary N) is 1. The molecule has 0 aliphatic carbocycles. The molecule has 2 aromatic rings. The normalized spacial score (nSPS) is 12.2. The lowest BCUT2D eigenvalue weighted by Crippen LogP contribution is -2.28. The average molecular weight is 361 g/mol. The van der Waals surface area contributed by atoms with Gasteiger partial charge in [-0.05, 0) is 44.5 Å². The van der Waals surface area contributed by atoms with Crippen LogP contribution in [0.15, 0.2) is 23.3 Å². The summed E-state index contributed by atoms with van der Waals surface area (Å²) in [7, 11) is 1.42. The molecule has 0 bridgehead atoms. The van der Waals surface area contributed by atoms with Crippen molar-refractivity contribution in [3.05, 3.63) is 45.3 Å². The van der Waals surface area contributed by atoms with Crippen molar-refractivity contribution in [2.45, 2.75) is 26.8 Å². The number of hydrogen-bond donors (Lipinski definition) is 2. The number of aromatic hydroxyl groups is 1. The molecule has 1 amide bonds. The molecule has 1 aromatic heterocycles. The number of phenolic OH excluding ortho intramolecular Hbond substituents is 1. The second-order valence-corrected chi connectivity index (χ2v) is 5.56. The predicted molar refractivity (Wildman–Crippen MR) is 93.5 cm³/mol. The Hall–Kier alpha value is -3.43. The molecular formula is C16H19N5O5. The molecule has 2 rings (SSSR count). The molecule has 26 heavy (non-hydrogen) atoms. The van der Waals surface area contributed by atoms with E-state index in [-0.39, 0.29) is 22.9 Å². The number of aryl methyl sites for hydroxylation is 1. The van der Waals surface area contributed by atoms with Crippen LogP contribution in [0, 0.1) is 24.0 Å². The first-order chi connectivity index (χ1) is 12.3. The van der Waals surface area contributed by atoms with Gasteiger partial charge in [0.25, 0.3) is 5.91 Å². The molecule has 138 valence electrons. The molecule has 0 fully saturated rings. The van der Waals surface area contributed by atoms with Crippen LogP contribution in [0.25, 0.3) is 0 Å². The lowest BCUT2D eigenvalue weighted by Gasteiger charge is -2.11. The van der Waals surface area contributed by atoms with Crippen LogP contribution < -0.4 is 10.2 Å². The summed E-state index contributed by atoms with van der Waals surface area (Å²) in [4.78, 5) is 22.8. The first-order valence-electron chi connectivity index (χ1n) is 7.66. The molecule has 1 unspecified atom stereocenters. The molecule has 10 heteroatoms. The maximum Gasteiger partial charge on any atom is 0.312 e. The average Bonchev–Trinajstić information content (AvgIpc) is 2.89. The number of amides is 1. The number of hydrogen-bond acceptors (Lipinski definition) is 7. The van der Waals surface area contributed by atoms with Gasteiger partial charge in [0.2, 0.25) is 0 Å². The van der Waals surface area contributed by atoms with Crippen molar-refractivity contribution >= 4 is 17.8 Å². The lowest BCUT2D eigenvalue weighted by molar-refractivity contribution is -0.386. The van der Waals surface area contributed by atoms with Gasteiger partial charge in [-0.3, -0.25) is 19.6 Å². The molecule has 0 aliphatic rings. The Morgan fingerprint density at radius 2 is 2.19 bits per heavy atom. The van der Waals surface area contributed by atoms with Crippen molar-refractivity contribution in [1.29, 1.82) is 0 Å². The van der Waals surface area contributed by atoms with Gasteiger partial charge in [-0.15, -0.1) is 0 Å². The zero-order chi connectivity index (χ0) is 19.4. The zero-order valence-corrected chi connectivity index (χ0v) is 14.8. The SMILES string of the molecule is COc1cc(/C=N/NC(=O)C(C)n2nc(C)c([N+](=O)[O-])c2C)ccc1O. The van der Waals surface area contributed by atoms with E-state index < -0.39 is 16.9 Å². The molecule has 0 saturated carbocycles. The van der Waals surface area contributed by atoms with Gasteiger partial charge >= 0.3 is 5.69 Å². The second-order valence-electron chi connectivity index (χ2n) is 5.56. The fourth-order valence-corrected chi connectivity index (χ4v) is 2.44. The summed E-state index contributed by atoms with van der Waals surface area (Å²) in [5, 5.41) is 28.5. The standard InChI is InChI=1S/C16H19N5O5/c1-9-15(21(24)25)10(2)20(19-9)11(3)16(23)18-17-8-12-5-6-13(22)14(7-12)26-4/h5-8,11,22H,1-4H3,(H,18,23)/b17-8+. The minimum Gasteiger partial charge on any atom is -0.504 e. The van der Waals surface area contributed by atoms with Crippen LogP contribution >= 0.6 is 0 Å². The zero-order valence-electron chi connectivity index (χ0n) is 14.8. The van der Waals surface area contributed by atoms with E-state index in [1.807, 2.05) is 0 Å². The third-order valence-corrected chi connectivity index (χ3v) is 3.81. The van der Waals surface area contributed by atoms with E-state index in [1.165, 1.54) is 37.9 Å². The lowest BCUT2D eigenvalue weighted by atomic mass is 10.2. The van der Waals surface area contributed by atoms with Crippen LogP contribution in [-0.4, -0.2) is 39.0 Å². The van der Waals surface area contributed by atoms with Gasteiger partial charge in [0.15, 0.2) is 11.5 Å². The number of carbonyl (C=O) groups is 1. The number of nitrogens with zero attached hydrogens (tertiary/aromatic N) is 4. The molecule has 0 saturated heterocycles. The van der Waals surface area contributed by atoms with Crippen molar-refractivity contribution in [3.8, 4) is 11.5 Å². The smallest absolute Gasteiger partial charge is 0.312 e. The van der Waals surface area contributed by atoms with E-state index in [0.717, 1.165) is 0 Å². The monoisotopic (exact) mass is 361 g/mol. The molecule has 2 N–H and O–H groups in total. The fourth-order valence-electron chi connectivity index (χ4n) is 2.44. The van der Waals surface area contributed by atoms with Crippen molar-refractivity contribution in [2.24, 2.45) is 5.10 Å². The van der Waals surface area contributed by atoms with E-state index in [1.54, 1.807) is 19.1 Å². The Balaban J connectivity index is 2.10. The molecular weight excluding hydrogens is 342 g/mol. The van der Waals surface area contributed by atoms with E-state index in [0.29, 0.717) is 11.3 Å². The highest BCUT2D eigenvalue weighted by Crippen LogP contribution is 2.26. The number of nitro groups is 1. The minimum atomic E-state index is -0.783. The summed E-state index contributed by atoms with van der Waals surface area (Å²) in [6.07, 6.45) is 1.39. The highest BCUT2D eigenvalue weighted by molar-refractivity contribution is 5.84. The Labute approximate surface area is 149 Å². The minimum absolute atomic E-state index is 0.00608. The van der Waals surface area contributed by atoms with E-state index in [9.17, 15) is 20.0 Å². The Morgan fingerprint density at radius 3 is 2.77 bits per heavy atom. The summed E-state index contributed by atoms with van der Waals surface area (Å²) in [6.45, 7) is 4.62. The first kappa shape index (κ1) is 18.9. The van der Waals surface area contributed by atoms with Crippen LogP contribution in [0.1, 0.15) is 29.9 Å². The van der Waals surface area contributed by atoms with Crippen LogP contribution in [0.4, 0.5) is 5.69 Å².